The van der Waals surface area contributed by atoms with Gasteiger partial charge in [-0.3, -0.25) is 4.79 Å². The van der Waals surface area contributed by atoms with Crippen LogP contribution in [-0.4, -0.2) is 33.4 Å². The van der Waals surface area contributed by atoms with Crippen LogP contribution in [0.3, 0.4) is 0 Å². The van der Waals surface area contributed by atoms with E-state index >= 15 is 0 Å². The van der Waals surface area contributed by atoms with E-state index in [4.69, 9.17) is 4.74 Å². The van der Waals surface area contributed by atoms with Crippen LogP contribution in [0.1, 0.15) is 22.8 Å². The van der Waals surface area contributed by atoms with Crippen LogP contribution in [0.15, 0.2) is 53.4 Å². The molecular formula is C18H17F3N2O5S. The Kier molecular flexibility index (Phi) is 6.65. The fourth-order valence-electron chi connectivity index (χ4n) is 2.26. The highest BCUT2D eigenvalue weighted by Crippen LogP contribution is 2.34. The highest BCUT2D eigenvalue weighted by Gasteiger charge is 2.34. The van der Waals surface area contributed by atoms with Crippen molar-refractivity contribution in [3.63, 3.8) is 0 Å². The summed E-state index contributed by atoms with van der Waals surface area (Å²) in [7, 11) is -2.60. The molecule has 0 spiro atoms. The molecular weight excluding hydrogens is 413 g/mol. The molecule has 0 aliphatic rings. The first-order valence-corrected chi connectivity index (χ1v) is 9.65. The number of carbonyl (C=O) groups is 2. The first kappa shape index (κ1) is 22.4. The monoisotopic (exact) mass is 430 g/mol. The van der Waals surface area contributed by atoms with E-state index < -0.39 is 45.4 Å². The van der Waals surface area contributed by atoms with Crippen molar-refractivity contribution < 1.29 is 35.9 Å². The van der Waals surface area contributed by atoms with Crippen LogP contribution in [0.25, 0.3) is 0 Å². The summed E-state index contributed by atoms with van der Waals surface area (Å²) in [6, 6.07) is 9.26. The number of nitrogens with one attached hydrogen (secondary N) is 2. The Bertz CT molecular complexity index is 1020. The largest absolute Gasteiger partial charge is 0.449 e. The van der Waals surface area contributed by atoms with Crippen LogP contribution in [0.5, 0.6) is 0 Å². The Hall–Kier alpha value is -2.92. The number of rotatable bonds is 6. The zero-order valence-corrected chi connectivity index (χ0v) is 16.1. The molecule has 2 aromatic rings. The predicted octanol–water partition coefficient (Wildman–Crippen LogP) is 2.80. The van der Waals surface area contributed by atoms with E-state index in [1.807, 2.05) is 0 Å². The molecule has 0 aliphatic carbocycles. The highest BCUT2D eigenvalue weighted by molar-refractivity contribution is 7.89. The molecule has 2 N–H and O–H groups in total. The van der Waals surface area contributed by atoms with Gasteiger partial charge in [0, 0.05) is 0 Å². The summed E-state index contributed by atoms with van der Waals surface area (Å²) in [5.74, 6) is -1.99. The third-order valence-electron chi connectivity index (χ3n) is 3.79. The van der Waals surface area contributed by atoms with Gasteiger partial charge >= 0.3 is 12.1 Å². The van der Waals surface area contributed by atoms with E-state index in [0.717, 1.165) is 18.2 Å². The number of hydrogen-bond acceptors (Lipinski definition) is 5. The Morgan fingerprint density at radius 2 is 1.72 bits per heavy atom. The van der Waals surface area contributed by atoms with Crippen molar-refractivity contribution in [2.24, 2.45) is 0 Å². The van der Waals surface area contributed by atoms with Gasteiger partial charge in [-0.2, -0.15) is 13.2 Å². The SMILES string of the molecule is CNS(=O)(=O)c1cccc(C(=O)OC(C)C(=O)Nc2ccccc2C(F)(F)F)c1. The molecule has 7 nitrogen and oxygen atoms in total. The number of ether oxygens (including phenoxy) is 1. The molecule has 0 aliphatic heterocycles. The second-order valence-corrected chi connectivity index (χ2v) is 7.70. The molecule has 1 amide bonds. The Morgan fingerprint density at radius 1 is 1.07 bits per heavy atom. The van der Waals surface area contributed by atoms with Crippen molar-refractivity contribution in [2.75, 3.05) is 12.4 Å². The van der Waals surface area contributed by atoms with Crippen molar-refractivity contribution in [3.05, 3.63) is 59.7 Å². The van der Waals surface area contributed by atoms with E-state index in [1.54, 1.807) is 0 Å². The normalized spacial score (nSPS) is 12.9. The number of para-hydroxylation sites is 1. The highest BCUT2D eigenvalue weighted by atomic mass is 32.2. The molecule has 156 valence electrons. The standard InChI is InChI=1S/C18H17F3N2O5S/c1-11(16(24)23-15-9-4-3-8-14(15)18(19,20)21)28-17(25)12-6-5-7-13(10-12)29(26,27)22-2/h3-11,22H,1-2H3,(H,23,24). The van der Waals surface area contributed by atoms with Crippen LogP contribution in [0.2, 0.25) is 0 Å². The van der Waals surface area contributed by atoms with Gasteiger partial charge in [-0.25, -0.2) is 17.9 Å². The van der Waals surface area contributed by atoms with Gasteiger partial charge < -0.3 is 10.1 Å². The average Bonchev–Trinajstić information content (AvgIpc) is 2.67. The number of hydrogen-bond donors (Lipinski definition) is 2. The zero-order chi connectivity index (χ0) is 21.8. The van der Waals surface area contributed by atoms with E-state index in [0.29, 0.717) is 0 Å². The van der Waals surface area contributed by atoms with E-state index in [2.05, 4.69) is 10.0 Å². The molecule has 0 saturated carbocycles. The number of benzene rings is 2. The average molecular weight is 430 g/mol. The lowest BCUT2D eigenvalue weighted by atomic mass is 10.1. The summed E-state index contributed by atoms with van der Waals surface area (Å²) < 4.78 is 69.7. The van der Waals surface area contributed by atoms with Gasteiger partial charge in [-0.1, -0.05) is 18.2 Å². The molecule has 0 radical (unpaired) electrons. The second kappa shape index (κ2) is 8.62. The molecule has 29 heavy (non-hydrogen) atoms. The van der Waals surface area contributed by atoms with Crippen LogP contribution in [0, 0.1) is 0 Å². The summed E-state index contributed by atoms with van der Waals surface area (Å²) in [4.78, 5) is 24.2. The molecule has 2 aromatic carbocycles. The maximum absolute atomic E-state index is 13.0. The van der Waals surface area contributed by atoms with E-state index in [1.165, 1.54) is 44.3 Å². The molecule has 1 atom stereocenters. The minimum atomic E-state index is -4.68. The molecule has 0 fully saturated rings. The lowest BCUT2D eigenvalue weighted by molar-refractivity contribution is -0.137. The van der Waals surface area contributed by atoms with E-state index in [9.17, 15) is 31.2 Å². The lowest BCUT2D eigenvalue weighted by Crippen LogP contribution is -2.31. The van der Waals surface area contributed by atoms with Crippen LogP contribution in [0.4, 0.5) is 18.9 Å². The second-order valence-electron chi connectivity index (χ2n) is 5.82. The molecule has 2 rings (SSSR count). The molecule has 0 aromatic heterocycles. The number of halogens is 3. The molecule has 1 unspecified atom stereocenters. The minimum absolute atomic E-state index is 0.142. The number of esters is 1. The fourth-order valence-corrected chi connectivity index (χ4v) is 3.04. The van der Waals surface area contributed by atoms with Gasteiger partial charge in [-0.15, -0.1) is 0 Å². The fraction of sp³-hybridized carbons (Fsp3) is 0.222. The van der Waals surface area contributed by atoms with Crippen LogP contribution < -0.4 is 10.0 Å². The molecule has 0 heterocycles. The van der Waals surface area contributed by atoms with Gasteiger partial charge in [0.2, 0.25) is 10.0 Å². The molecule has 11 heteroatoms. The van der Waals surface area contributed by atoms with Gasteiger partial charge in [-0.05, 0) is 44.3 Å². The van der Waals surface area contributed by atoms with Gasteiger partial charge in [0.25, 0.3) is 5.91 Å². The van der Waals surface area contributed by atoms with Crippen LogP contribution in [-0.2, 0) is 25.7 Å². The van der Waals surface area contributed by atoms with Crippen molar-refractivity contribution in [3.8, 4) is 0 Å². The number of sulfonamides is 1. The van der Waals surface area contributed by atoms with Gasteiger partial charge in [0.1, 0.15) is 0 Å². The van der Waals surface area contributed by atoms with Gasteiger partial charge in [0.05, 0.1) is 21.7 Å². The first-order chi connectivity index (χ1) is 13.5. The van der Waals surface area contributed by atoms with Crippen LogP contribution >= 0.6 is 0 Å². The van der Waals surface area contributed by atoms with Gasteiger partial charge in [0.15, 0.2) is 6.10 Å². The number of anilines is 1. The predicted molar refractivity (Wildman–Crippen MR) is 97.6 cm³/mol. The summed E-state index contributed by atoms with van der Waals surface area (Å²) in [6.07, 6.45) is -6.11. The summed E-state index contributed by atoms with van der Waals surface area (Å²) in [5.41, 5.74) is -1.66. The lowest BCUT2D eigenvalue weighted by Gasteiger charge is -2.17. The first-order valence-electron chi connectivity index (χ1n) is 8.17. The Balaban J connectivity index is 2.13. The maximum atomic E-state index is 13.0. The summed E-state index contributed by atoms with van der Waals surface area (Å²) in [5, 5.41) is 2.08. The number of alkyl halides is 3. The summed E-state index contributed by atoms with van der Waals surface area (Å²) in [6.45, 7) is 1.18. The maximum Gasteiger partial charge on any atom is 0.418 e. The Labute approximate surface area is 164 Å². The third kappa shape index (κ3) is 5.55. The smallest absolute Gasteiger partial charge is 0.418 e. The zero-order valence-electron chi connectivity index (χ0n) is 15.3. The molecule has 0 saturated heterocycles. The number of carbonyl (C=O) groups excluding carboxylic acids is 2. The number of amides is 1. The van der Waals surface area contributed by atoms with Crippen molar-refractivity contribution in [1.82, 2.24) is 4.72 Å². The Morgan fingerprint density at radius 3 is 2.34 bits per heavy atom. The molecule has 0 bridgehead atoms. The topological polar surface area (TPSA) is 102 Å². The van der Waals surface area contributed by atoms with Crippen molar-refractivity contribution in [1.29, 1.82) is 0 Å². The summed E-state index contributed by atoms with van der Waals surface area (Å²) >= 11 is 0. The van der Waals surface area contributed by atoms with Crippen molar-refractivity contribution >= 4 is 27.6 Å². The minimum Gasteiger partial charge on any atom is -0.449 e. The van der Waals surface area contributed by atoms with E-state index in [-0.39, 0.29) is 10.5 Å². The third-order valence-corrected chi connectivity index (χ3v) is 5.20. The quantitative estimate of drug-likeness (QED) is 0.687. The van der Waals surface area contributed by atoms with Crippen molar-refractivity contribution in [2.45, 2.75) is 24.1 Å².